The molecule has 3 rings (SSSR count). The van der Waals surface area contributed by atoms with Gasteiger partial charge in [0.05, 0.1) is 16.1 Å². The number of hydrogen-bond acceptors (Lipinski definition) is 5. The van der Waals surface area contributed by atoms with Crippen LogP contribution in [0.3, 0.4) is 0 Å². The summed E-state index contributed by atoms with van der Waals surface area (Å²) >= 11 is 0. The fraction of sp³-hybridized carbons (Fsp3) is 0.316. The van der Waals surface area contributed by atoms with Crippen LogP contribution in [0.15, 0.2) is 50.5 Å². The van der Waals surface area contributed by atoms with E-state index in [2.05, 4.69) is 0 Å². The molecule has 0 saturated heterocycles. The molecule has 34 heavy (non-hydrogen) atoms. The van der Waals surface area contributed by atoms with Crippen molar-refractivity contribution in [2.24, 2.45) is 0 Å². The molecule has 7 nitrogen and oxygen atoms in total. The van der Waals surface area contributed by atoms with Crippen molar-refractivity contribution in [3.63, 3.8) is 0 Å². The van der Waals surface area contributed by atoms with E-state index in [4.69, 9.17) is 4.42 Å². The molecule has 15 heteroatoms. The van der Waals surface area contributed by atoms with Crippen LogP contribution in [0.5, 0.6) is 0 Å². The van der Waals surface area contributed by atoms with Crippen LogP contribution < -0.4 is 10.5 Å². The number of oxazole rings is 1. The highest BCUT2D eigenvalue weighted by molar-refractivity contribution is 7.92. The first kappa shape index (κ1) is 25.6. The highest BCUT2D eigenvalue weighted by atomic mass is 32.2. The van der Waals surface area contributed by atoms with Gasteiger partial charge in [-0.05, 0) is 30.7 Å². The third-order valence-electron chi connectivity index (χ3n) is 4.85. The molecular weight excluding hydrogens is 501 g/mol. The second kappa shape index (κ2) is 8.30. The Bertz CT molecular complexity index is 1380. The van der Waals surface area contributed by atoms with E-state index >= 15 is 0 Å². The molecule has 2 aromatic carbocycles. The Labute approximate surface area is 186 Å². The van der Waals surface area contributed by atoms with Crippen LogP contribution in [0.1, 0.15) is 18.9 Å². The average molecular weight is 516 g/mol. The number of hydrogen-bond donors (Lipinski definition) is 2. The van der Waals surface area contributed by atoms with Gasteiger partial charge in [-0.2, -0.15) is 26.3 Å². The molecule has 0 amide bonds. The van der Waals surface area contributed by atoms with Crippen LogP contribution >= 0.6 is 0 Å². The molecule has 0 fully saturated rings. The lowest BCUT2D eigenvalue weighted by molar-refractivity contribution is -0.376. The van der Waals surface area contributed by atoms with E-state index in [0.29, 0.717) is 12.5 Å². The molecule has 0 unspecified atom stereocenters. The standard InChI is InChI=1S/C19H15F7N2O5S/c1-2-7-28-14-6-4-11(9-15(14)33-16(28)29)34(31,32)27-13-5-3-10(8-12(13)20)17(30,18(21,22)23)19(24,25)26/h3-6,8-9,27,30H,2,7H2,1H3. The fourth-order valence-corrected chi connectivity index (χ4v) is 4.25. The van der Waals surface area contributed by atoms with Crippen LogP contribution in [-0.4, -0.2) is 30.4 Å². The Kier molecular flexibility index (Phi) is 6.24. The van der Waals surface area contributed by atoms with Gasteiger partial charge in [-0.15, -0.1) is 0 Å². The molecule has 2 N–H and O–H groups in total. The average Bonchev–Trinajstić information content (AvgIpc) is 3.02. The summed E-state index contributed by atoms with van der Waals surface area (Å²) in [6.45, 7) is 2.08. The first-order valence-corrected chi connectivity index (χ1v) is 10.8. The van der Waals surface area contributed by atoms with Gasteiger partial charge in [0.2, 0.25) is 0 Å². The van der Waals surface area contributed by atoms with Gasteiger partial charge in [-0.25, -0.2) is 17.6 Å². The number of sulfonamides is 1. The maximum atomic E-state index is 14.4. The normalized spacial score (nSPS) is 13.4. The summed E-state index contributed by atoms with van der Waals surface area (Å²) in [4.78, 5) is 11.4. The number of aliphatic hydroxyl groups is 1. The Morgan fingerprint density at radius 2 is 1.65 bits per heavy atom. The molecule has 0 atom stereocenters. The topological polar surface area (TPSA) is 102 Å². The predicted octanol–water partition coefficient (Wildman–Crippen LogP) is 4.26. The molecular formula is C19H15F7N2O5S. The maximum Gasteiger partial charge on any atom is 0.430 e. The Balaban J connectivity index is 1.99. The van der Waals surface area contributed by atoms with Gasteiger partial charge in [0, 0.05) is 18.2 Å². The fourth-order valence-electron chi connectivity index (χ4n) is 3.16. The zero-order valence-electron chi connectivity index (χ0n) is 17.0. The number of anilines is 1. The number of nitrogens with one attached hydrogen (secondary N) is 1. The minimum Gasteiger partial charge on any atom is -0.408 e. The van der Waals surface area contributed by atoms with E-state index in [1.165, 1.54) is 10.6 Å². The number of rotatable bonds is 6. The van der Waals surface area contributed by atoms with Gasteiger partial charge in [-0.1, -0.05) is 13.0 Å². The molecule has 0 radical (unpaired) electrons. The van der Waals surface area contributed by atoms with Gasteiger partial charge in [0.25, 0.3) is 15.6 Å². The summed E-state index contributed by atoms with van der Waals surface area (Å²) in [6.07, 6.45) is -11.9. The first-order chi connectivity index (χ1) is 15.5. The first-order valence-electron chi connectivity index (χ1n) is 9.35. The van der Waals surface area contributed by atoms with Crippen molar-refractivity contribution in [1.29, 1.82) is 0 Å². The van der Waals surface area contributed by atoms with Crippen LogP contribution in [0, 0.1) is 5.82 Å². The van der Waals surface area contributed by atoms with E-state index in [0.717, 1.165) is 12.1 Å². The molecule has 186 valence electrons. The van der Waals surface area contributed by atoms with Gasteiger partial charge < -0.3 is 9.52 Å². The van der Waals surface area contributed by atoms with Crippen LogP contribution in [-0.2, 0) is 22.2 Å². The van der Waals surface area contributed by atoms with Gasteiger partial charge >= 0.3 is 18.1 Å². The number of aromatic nitrogens is 1. The summed E-state index contributed by atoms with van der Waals surface area (Å²) in [5.74, 6) is -2.56. The molecule has 1 aromatic heterocycles. The van der Waals surface area contributed by atoms with Crippen molar-refractivity contribution in [2.75, 3.05) is 4.72 Å². The van der Waals surface area contributed by atoms with Crippen molar-refractivity contribution in [3.05, 3.63) is 58.3 Å². The quantitative estimate of drug-likeness (QED) is 0.477. The van der Waals surface area contributed by atoms with E-state index in [-0.39, 0.29) is 29.8 Å². The van der Waals surface area contributed by atoms with E-state index < -0.39 is 55.7 Å². The Hall–Kier alpha value is -3.07. The molecule has 0 aliphatic heterocycles. The molecule has 0 spiro atoms. The zero-order valence-corrected chi connectivity index (χ0v) is 17.8. The summed E-state index contributed by atoms with van der Waals surface area (Å²) in [6, 6.07) is 3.37. The molecule has 3 aromatic rings. The van der Waals surface area contributed by atoms with Gasteiger partial charge in [-0.3, -0.25) is 9.29 Å². The van der Waals surface area contributed by atoms with Crippen LogP contribution in [0.25, 0.3) is 11.1 Å². The molecule has 0 bridgehead atoms. The van der Waals surface area contributed by atoms with Crippen LogP contribution in [0.4, 0.5) is 36.4 Å². The van der Waals surface area contributed by atoms with Crippen LogP contribution in [0.2, 0.25) is 0 Å². The number of fused-ring (bicyclic) bond motifs is 1. The summed E-state index contributed by atoms with van der Waals surface area (Å²) in [5, 5.41) is 9.35. The van der Waals surface area contributed by atoms with Crippen molar-refractivity contribution < 1.29 is 48.7 Å². The highest BCUT2D eigenvalue weighted by Crippen LogP contribution is 2.50. The minimum absolute atomic E-state index is 0.0923. The van der Waals surface area contributed by atoms with E-state index in [1.807, 2.05) is 0 Å². The number of alkyl halides is 6. The number of nitrogens with zero attached hydrogens (tertiary/aromatic N) is 1. The summed E-state index contributed by atoms with van der Waals surface area (Å²) in [7, 11) is -4.62. The Morgan fingerprint density at radius 1 is 1.03 bits per heavy atom. The second-order valence-corrected chi connectivity index (χ2v) is 8.84. The van der Waals surface area contributed by atoms with Crippen molar-refractivity contribution in [1.82, 2.24) is 4.57 Å². The molecule has 1 heterocycles. The van der Waals surface area contributed by atoms with E-state index in [1.54, 1.807) is 11.6 Å². The monoisotopic (exact) mass is 516 g/mol. The molecule has 0 saturated carbocycles. The number of benzene rings is 2. The zero-order chi connectivity index (χ0) is 25.7. The lowest BCUT2D eigenvalue weighted by Crippen LogP contribution is -2.54. The molecule has 0 aliphatic rings. The smallest absolute Gasteiger partial charge is 0.408 e. The highest BCUT2D eigenvalue weighted by Gasteiger charge is 2.71. The molecule has 0 aliphatic carbocycles. The van der Waals surface area contributed by atoms with Gasteiger partial charge in [0.15, 0.2) is 5.58 Å². The third-order valence-corrected chi connectivity index (χ3v) is 6.21. The maximum absolute atomic E-state index is 14.4. The minimum atomic E-state index is -6.24. The third kappa shape index (κ3) is 4.24. The summed E-state index contributed by atoms with van der Waals surface area (Å²) < 4.78 is 125. The Morgan fingerprint density at radius 3 is 2.18 bits per heavy atom. The SMILES string of the molecule is CCCn1c(=O)oc2cc(S(=O)(=O)Nc3ccc(C(O)(C(F)(F)F)C(F)(F)F)cc3F)ccc21. The van der Waals surface area contributed by atoms with E-state index in [9.17, 15) is 49.1 Å². The number of halogens is 7. The largest absolute Gasteiger partial charge is 0.430 e. The van der Waals surface area contributed by atoms with Crippen molar-refractivity contribution >= 4 is 26.8 Å². The summed E-state index contributed by atoms with van der Waals surface area (Å²) in [5.41, 5.74) is -8.10. The second-order valence-electron chi connectivity index (χ2n) is 7.16. The lowest BCUT2D eigenvalue weighted by Gasteiger charge is -2.32. The predicted molar refractivity (Wildman–Crippen MR) is 104 cm³/mol. The lowest BCUT2D eigenvalue weighted by atomic mass is 9.92. The van der Waals surface area contributed by atoms with Crippen molar-refractivity contribution in [2.45, 2.75) is 42.7 Å². The number of aryl methyl sites for hydroxylation is 1. The van der Waals surface area contributed by atoms with Gasteiger partial charge in [0.1, 0.15) is 5.82 Å². The van der Waals surface area contributed by atoms with Crippen molar-refractivity contribution in [3.8, 4) is 0 Å².